The second-order valence-electron chi connectivity index (χ2n) is 6.68. The second kappa shape index (κ2) is 5.34. The highest BCUT2D eigenvalue weighted by molar-refractivity contribution is 5.93. The normalized spacial score (nSPS) is 21.2. The molecule has 1 aromatic carbocycles. The van der Waals surface area contributed by atoms with Gasteiger partial charge in [0.1, 0.15) is 0 Å². The van der Waals surface area contributed by atoms with Crippen molar-refractivity contribution in [2.75, 3.05) is 45.7 Å². The van der Waals surface area contributed by atoms with E-state index in [1.54, 1.807) is 4.90 Å². The zero-order valence-corrected chi connectivity index (χ0v) is 13.3. The van der Waals surface area contributed by atoms with Crippen LogP contribution in [0.5, 0.6) is 0 Å². The average molecular weight is 287 g/mol. The molecule has 0 atom stereocenters. The molecule has 2 aliphatic rings. The minimum absolute atomic E-state index is 0.0882. The third-order valence-corrected chi connectivity index (χ3v) is 5.14. The van der Waals surface area contributed by atoms with Crippen LogP contribution < -0.4 is 4.90 Å². The van der Waals surface area contributed by atoms with E-state index in [1.807, 2.05) is 25.1 Å². The van der Waals surface area contributed by atoms with Crippen molar-refractivity contribution in [1.82, 2.24) is 9.80 Å². The lowest BCUT2D eigenvalue weighted by atomic mass is 9.68. The Bertz CT molecular complexity index is 533. The topological polar surface area (TPSA) is 26.8 Å². The summed E-state index contributed by atoms with van der Waals surface area (Å²) in [5.41, 5.74) is 2.76. The largest absolute Gasteiger partial charge is 0.330 e. The third-order valence-electron chi connectivity index (χ3n) is 5.14. The van der Waals surface area contributed by atoms with Crippen LogP contribution in [0.1, 0.15) is 24.8 Å². The number of amides is 2. The van der Waals surface area contributed by atoms with Crippen LogP contribution >= 0.6 is 0 Å². The van der Waals surface area contributed by atoms with Crippen LogP contribution in [-0.4, -0.2) is 56.6 Å². The average Bonchev–Trinajstić information content (AvgIpc) is 2.50. The second-order valence-corrected chi connectivity index (χ2v) is 6.68. The van der Waals surface area contributed by atoms with Crippen molar-refractivity contribution >= 4 is 11.7 Å². The first-order chi connectivity index (χ1) is 10.0. The fourth-order valence-corrected chi connectivity index (χ4v) is 3.74. The van der Waals surface area contributed by atoms with Crippen molar-refractivity contribution < 1.29 is 4.79 Å². The number of urea groups is 1. The van der Waals surface area contributed by atoms with Crippen LogP contribution in [-0.2, 0) is 5.41 Å². The van der Waals surface area contributed by atoms with Gasteiger partial charge in [-0.15, -0.1) is 0 Å². The summed E-state index contributed by atoms with van der Waals surface area (Å²) in [4.78, 5) is 18.4. The number of likely N-dealkylation sites (tertiary alicyclic amines) is 1. The summed E-state index contributed by atoms with van der Waals surface area (Å²) >= 11 is 0. The van der Waals surface area contributed by atoms with E-state index >= 15 is 0 Å². The van der Waals surface area contributed by atoms with Crippen molar-refractivity contribution in [3.63, 3.8) is 0 Å². The molecule has 0 bridgehead atoms. The first kappa shape index (κ1) is 14.4. The zero-order chi connectivity index (χ0) is 15.0. The summed E-state index contributed by atoms with van der Waals surface area (Å²) in [7, 11) is 5.85. The van der Waals surface area contributed by atoms with Crippen molar-refractivity contribution in [3.05, 3.63) is 29.8 Å². The number of carbonyl (C=O) groups is 1. The molecule has 3 rings (SSSR count). The van der Waals surface area contributed by atoms with E-state index in [0.29, 0.717) is 0 Å². The number of nitrogens with zero attached hydrogens (tertiary/aromatic N) is 3. The van der Waals surface area contributed by atoms with Crippen LogP contribution in [0.15, 0.2) is 24.3 Å². The highest BCUT2D eigenvalue weighted by Crippen LogP contribution is 2.46. The van der Waals surface area contributed by atoms with Crippen LogP contribution in [0, 0.1) is 0 Å². The molecule has 0 unspecified atom stereocenters. The van der Waals surface area contributed by atoms with Crippen LogP contribution in [0.25, 0.3) is 0 Å². The summed E-state index contributed by atoms with van der Waals surface area (Å²) in [6.07, 6.45) is 3.48. The number of hydrogen-bond acceptors (Lipinski definition) is 2. The first-order valence-electron chi connectivity index (χ1n) is 7.80. The van der Waals surface area contributed by atoms with E-state index in [9.17, 15) is 4.79 Å². The van der Waals surface area contributed by atoms with Gasteiger partial charge in [-0.3, -0.25) is 4.90 Å². The molecule has 1 saturated heterocycles. The molecule has 1 spiro atoms. The van der Waals surface area contributed by atoms with E-state index in [-0.39, 0.29) is 11.4 Å². The Kier molecular flexibility index (Phi) is 3.66. The Morgan fingerprint density at radius 3 is 2.38 bits per heavy atom. The summed E-state index contributed by atoms with van der Waals surface area (Å²) < 4.78 is 0. The quantitative estimate of drug-likeness (QED) is 0.733. The van der Waals surface area contributed by atoms with Gasteiger partial charge in [-0.1, -0.05) is 18.2 Å². The molecule has 4 heteroatoms. The monoisotopic (exact) mass is 287 g/mol. The van der Waals surface area contributed by atoms with Crippen LogP contribution in [0.4, 0.5) is 10.5 Å². The van der Waals surface area contributed by atoms with Crippen LogP contribution in [0.3, 0.4) is 0 Å². The number of fused-ring (bicyclic) bond motifs is 2. The van der Waals surface area contributed by atoms with E-state index in [1.165, 1.54) is 18.4 Å². The number of para-hydroxylation sites is 1. The first-order valence-corrected chi connectivity index (χ1v) is 7.80. The SMILES string of the molecule is CN1CCC2(CC1)CCN(C(=O)N(C)C)c1ccccc12. The van der Waals surface area contributed by atoms with Gasteiger partial charge in [0.05, 0.1) is 0 Å². The number of rotatable bonds is 0. The molecular formula is C17H25N3O. The molecule has 0 saturated carbocycles. The molecule has 0 aromatic heterocycles. The maximum atomic E-state index is 12.4. The van der Waals surface area contributed by atoms with Gasteiger partial charge < -0.3 is 9.80 Å². The molecule has 0 aliphatic carbocycles. The molecule has 0 N–H and O–H groups in total. The molecule has 1 aromatic rings. The van der Waals surface area contributed by atoms with Gasteiger partial charge in [0.25, 0.3) is 0 Å². The fraction of sp³-hybridized carbons (Fsp3) is 0.588. The fourth-order valence-electron chi connectivity index (χ4n) is 3.74. The molecule has 114 valence electrons. The maximum Gasteiger partial charge on any atom is 0.323 e. The molecule has 21 heavy (non-hydrogen) atoms. The predicted molar refractivity (Wildman–Crippen MR) is 85.9 cm³/mol. The minimum Gasteiger partial charge on any atom is -0.330 e. The summed E-state index contributed by atoms with van der Waals surface area (Å²) in [5, 5.41) is 0. The highest BCUT2D eigenvalue weighted by Gasteiger charge is 2.42. The van der Waals surface area contributed by atoms with Gasteiger partial charge in [-0.2, -0.15) is 0 Å². The van der Waals surface area contributed by atoms with E-state index in [0.717, 1.165) is 31.7 Å². The molecule has 2 heterocycles. The predicted octanol–water partition coefficient (Wildman–Crippen LogP) is 2.54. The highest BCUT2D eigenvalue weighted by atomic mass is 16.2. The van der Waals surface area contributed by atoms with Gasteiger partial charge in [0, 0.05) is 31.7 Å². The lowest BCUT2D eigenvalue weighted by Crippen LogP contribution is -2.50. The van der Waals surface area contributed by atoms with Crippen molar-refractivity contribution in [1.29, 1.82) is 0 Å². The smallest absolute Gasteiger partial charge is 0.323 e. The molecular weight excluding hydrogens is 262 g/mol. The van der Waals surface area contributed by atoms with Gasteiger partial charge in [0.15, 0.2) is 0 Å². The Labute approximate surface area is 127 Å². The van der Waals surface area contributed by atoms with Crippen molar-refractivity contribution in [2.45, 2.75) is 24.7 Å². The minimum atomic E-state index is 0.0882. The molecule has 0 radical (unpaired) electrons. The molecule has 4 nitrogen and oxygen atoms in total. The molecule has 2 amide bonds. The maximum absolute atomic E-state index is 12.4. The number of piperidine rings is 1. The Hall–Kier alpha value is -1.55. The Balaban J connectivity index is 1.98. The summed E-state index contributed by atoms with van der Waals surface area (Å²) in [5.74, 6) is 0. The number of anilines is 1. The summed E-state index contributed by atoms with van der Waals surface area (Å²) in [6, 6.07) is 8.59. The Morgan fingerprint density at radius 1 is 1.10 bits per heavy atom. The van der Waals surface area contributed by atoms with E-state index < -0.39 is 0 Å². The van der Waals surface area contributed by atoms with Gasteiger partial charge in [0.2, 0.25) is 0 Å². The van der Waals surface area contributed by atoms with Gasteiger partial charge in [-0.05, 0) is 51.0 Å². The number of hydrogen-bond donors (Lipinski definition) is 0. The van der Waals surface area contributed by atoms with Crippen molar-refractivity contribution in [3.8, 4) is 0 Å². The van der Waals surface area contributed by atoms with E-state index in [4.69, 9.17) is 0 Å². The van der Waals surface area contributed by atoms with E-state index in [2.05, 4.69) is 30.1 Å². The number of benzene rings is 1. The Morgan fingerprint density at radius 2 is 1.71 bits per heavy atom. The van der Waals surface area contributed by atoms with Gasteiger partial charge >= 0.3 is 6.03 Å². The standard InChI is InChI=1S/C17H25N3O/c1-18(2)16(21)20-13-10-17(8-11-19(3)12-9-17)14-6-4-5-7-15(14)20/h4-7H,8-13H2,1-3H3. The van der Waals surface area contributed by atoms with Crippen LogP contribution in [0.2, 0.25) is 0 Å². The lowest BCUT2D eigenvalue weighted by molar-refractivity contribution is 0.173. The lowest BCUT2D eigenvalue weighted by Gasteiger charge is -2.47. The summed E-state index contributed by atoms with van der Waals surface area (Å²) in [6.45, 7) is 3.13. The molecule has 2 aliphatic heterocycles. The van der Waals surface area contributed by atoms with Crippen molar-refractivity contribution in [2.24, 2.45) is 0 Å². The zero-order valence-electron chi connectivity index (χ0n) is 13.3. The van der Waals surface area contributed by atoms with Gasteiger partial charge in [-0.25, -0.2) is 4.79 Å². The molecule has 1 fully saturated rings. The third kappa shape index (κ3) is 2.42. The number of carbonyl (C=O) groups excluding carboxylic acids is 1.